The Balaban J connectivity index is 1.58. The van der Waals surface area contributed by atoms with E-state index in [4.69, 9.17) is 10.5 Å². The zero-order valence-electron chi connectivity index (χ0n) is 15.9. The van der Waals surface area contributed by atoms with Crippen LogP contribution in [0.25, 0.3) is 11.0 Å². The monoisotopic (exact) mass is 402 g/mol. The van der Waals surface area contributed by atoms with Gasteiger partial charge in [0.05, 0.1) is 35.4 Å². The molecule has 5 rings (SSSR count). The molecule has 0 saturated carbocycles. The molecule has 0 spiro atoms. The molecule has 0 bridgehead atoms. The van der Waals surface area contributed by atoms with Gasteiger partial charge in [0.1, 0.15) is 11.6 Å². The molecule has 1 aromatic carbocycles. The number of nitrogens with two attached hydrogens (primary N) is 1. The first-order valence-electron chi connectivity index (χ1n) is 9.18. The SMILES string of the molecule is Cc1[nH]nc2c1[C@H](c1cc(Cn3cnc4ccccc43)c(C)s1)C(C#N)=C(N)O2. The number of thiophene rings is 1. The number of imidazole rings is 1. The number of benzene rings is 1. The molecule has 0 aliphatic carbocycles. The molecule has 3 aromatic heterocycles. The highest BCUT2D eigenvalue weighted by molar-refractivity contribution is 7.12. The van der Waals surface area contributed by atoms with Gasteiger partial charge in [-0.2, -0.15) is 5.26 Å². The summed E-state index contributed by atoms with van der Waals surface area (Å²) in [6.07, 6.45) is 1.87. The Kier molecular flexibility index (Phi) is 3.93. The number of allylic oxidation sites excluding steroid dienone is 1. The van der Waals surface area contributed by atoms with E-state index in [-0.39, 0.29) is 11.8 Å². The molecule has 144 valence electrons. The number of rotatable bonds is 3. The first-order valence-corrected chi connectivity index (χ1v) is 10.00. The maximum Gasteiger partial charge on any atom is 0.244 e. The van der Waals surface area contributed by atoms with E-state index in [2.05, 4.69) is 44.9 Å². The van der Waals surface area contributed by atoms with Crippen LogP contribution in [-0.4, -0.2) is 19.7 Å². The van der Waals surface area contributed by atoms with Gasteiger partial charge in [-0.25, -0.2) is 4.98 Å². The molecule has 4 heterocycles. The van der Waals surface area contributed by atoms with Crippen LogP contribution in [0.5, 0.6) is 5.88 Å². The van der Waals surface area contributed by atoms with Gasteiger partial charge in [-0.1, -0.05) is 12.1 Å². The summed E-state index contributed by atoms with van der Waals surface area (Å²) in [4.78, 5) is 6.73. The van der Waals surface area contributed by atoms with Crippen molar-refractivity contribution in [2.24, 2.45) is 5.73 Å². The molecular formula is C21H18N6OS. The van der Waals surface area contributed by atoms with E-state index in [0.29, 0.717) is 18.0 Å². The molecule has 29 heavy (non-hydrogen) atoms. The minimum absolute atomic E-state index is 0.115. The average Bonchev–Trinajstić information content (AvgIpc) is 3.40. The van der Waals surface area contributed by atoms with Crippen LogP contribution in [0.15, 0.2) is 48.1 Å². The summed E-state index contributed by atoms with van der Waals surface area (Å²) < 4.78 is 7.70. The number of aromatic nitrogens is 4. The fourth-order valence-corrected chi connectivity index (χ4v) is 5.01. The summed E-state index contributed by atoms with van der Waals surface area (Å²) in [7, 11) is 0. The molecule has 0 unspecified atom stereocenters. The topological polar surface area (TPSA) is 106 Å². The minimum atomic E-state index is -0.278. The minimum Gasteiger partial charge on any atom is -0.420 e. The molecular weight excluding hydrogens is 384 g/mol. The highest BCUT2D eigenvalue weighted by Crippen LogP contribution is 2.45. The smallest absolute Gasteiger partial charge is 0.244 e. The van der Waals surface area contributed by atoms with Gasteiger partial charge in [-0.05, 0) is 37.6 Å². The first kappa shape index (κ1) is 17.5. The van der Waals surface area contributed by atoms with Crippen molar-refractivity contribution in [1.29, 1.82) is 5.26 Å². The van der Waals surface area contributed by atoms with E-state index < -0.39 is 0 Å². The van der Waals surface area contributed by atoms with Gasteiger partial charge in [-0.15, -0.1) is 16.4 Å². The third-order valence-corrected chi connectivity index (χ3v) is 6.48. The lowest BCUT2D eigenvalue weighted by Crippen LogP contribution is -2.20. The maximum atomic E-state index is 9.74. The number of hydrogen-bond acceptors (Lipinski definition) is 6. The number of aromatic amines is 1. The van der Waals surface area contributed by atoms with Gasteiger partial charge in [0, 0.05) is 15.4 Å². The number of aryl methyl sites for hydroxylation is 2. The number of fused-ring (bicyclic) bond motifs is 2. The highest BCUT2D eigenvalue weighted by Gasteiger charge is 2.35. The van der Waals surface area contributed by atoms with Crippen molar-refractivity contribution in [3.63, 3.8) is 0 Å². The number of nitrogens with one attached hydrogen (secondary N) is 1. The molecule has 1 aliphatic rings. The lowest BCUT2D eigenvalue weighted by atomic mass is 9.88. The third kappa shape index (κ3) is 2.70. The zero-order chi connectivity index (χ0) is 20.1. The van der Waals surface area contributed by atoms with E-state index >= 15 is 0 Å². The largest absolute Gasteiger partial charge is 0.420 e. The highest BCUT2D eigenvalue weighted by atomic mass is 32.1. The number of para-hydroxylation sites is 2. The normalized spacial score (nSPS) is 16.0. The van der Waals surface area contributed by atoms with Gasteiger partial charge in [0.2, 0.25) is 11.8 Å². The van der Waals surface area contributed by atoms with Gasteiger partial charge >= 0.3 is 0 Å². The van der Waals surface area contributed by atoms with Crippen molar-refractivity contribution in [3.05, 3.63) is 74.7 Å². The number of nitriles is 1. The van der Waals surface area contributed by atoms with Gasteiger partial charge in [0.15, 0.2) is 0 Å². The van der Waals surface area contributed by atoms with E-state index in [0.717, 1.165) is 27.2 Å². The van der Waals surface area contributed by atoms with E-state index in [1.165, 1.54) is 10.4 Å². The Morgan fingerprint density at radius 1 is 1.34 bits per heavy atom. The molecule has 8 heteroatoms. The number of nitrogens with zero attached hydrogens (tertiary/aromatic N) is 4. The van der Waals surface area contributed by atoms with Crippen molar-refractivity contribution in [3.8, 4) is 11.9 Å². The van der Waals surface area contributed by atoms with Gasteiger partial charge in [-0.3, -0.25) is 5.10 Å². The lowest BCUT2D eigenvalue weighted by Gasteiger charge is -2.22. The summed E-state index contributed by atoms with van der Waals surface area (Å²) in [6, 6.07) is 12.5. The predicted octanol–water partition coefficient (Wildman–Crippen LogP) is 3.70. The lowest BCUT2D eigenvalue weighted by molar-refractivity contribution is 0.379. The standard InChI is InChI=1S/C21H18N6OS/c1-11-18-19(14(8-22)20(23)28-21(18)26-25-11)17-7-13(12(2)29-17)9-27-10-24-15-5-3-4-6-16(15)27/h3-7,10,19H,9,23H2,1-2H3,(H,25,26)/t19-/m0/s1. The maximum absolute atomic E-state index is 9.74. The molecule has 0 saturated heterocycles. The summed E-state index contributed by atoms with van der Waals surface area (Å²) in [6.45, 7) is 4.74. The predicted molar refractivity (Wildman–Crippen MR) is 111 cm³/mol. The van der Waals surface area contributed by atoms with Crippen molar-refractivity contribution in [2.75, 3.05) is 0 Å². The molecule has 0 radical (unpaired) electrons. The molecule has 1 aliphatic heterocycles. The van der Waals surface area contributed by atoms with E-state index in [1.54, 1.807) is 11.3 Å². The molecule has 3 N–H and O–H groups in total. The molecule has 4 aromatic rings. The van der Waals surface area contributed by atoms with Crippen molar-refractivity contribution in [2.45, 2.75) is 26.3 Å². The summed E-state index contributed by atoms with van der Waals surface area (Å²) >= 11 is 1.67. The van der Waals surface area contributed by atoms with Crippen LogP contribution in [0.1, 0.15) is 32.5 Å². The number of hydrogen-bond donors (Lipinski definition) is 2. The van der Waals surface area contributed by atoms with Gasteiger partial charge in [0.25, 0.3) is 0 Å². The Labute approximate surface area is 171 Å². The first-order chi connectivity index (χ1) is 14.1. The average molecular weight is 402 g/mol. The summed E-state index contributed by atoms with van der Waals surface area (Å²) in [5.74, 6) is 0.279. The fourth-order valence-electron chi connectivity index (χ4n) is 3.85. The van der Waals surface area contributed by atoms with Crippen LogP contribution < -0.4 is 10.5 Å². The van der Waals surface area contributed by atoms with Crippen LogP contribution in [0.4, 0.5) is 0 Å². The second kappa shape index (κ2) is 6.50. The van der Waals surface area contributed by atoms with Crippen LogP contribution in [0.2, 0.25) is 0 Å². The Morgan fingerprint density at radius 2 is 2.17 bits per heavy atom. The molecule has 0 amide bonds. The van der Waals surface area contributed by atoms with Crippen LogP contribution >= 0.6 is 11.3 Å². The molecule has 0 fully saturated rings. The third-order valence-electron chi connectivity index (χ3n) is 5.32. The van der Waals surface area contributed by atoms with Crippen LogP contribution in [0, 0.1) is 25.2 Å². The zero-order valence-corrected chi connectivity index (χ0v) is 16.7. The van der Waals surface area contributed by atoms with Crippen molar-refractivity contribution >= 4 is 22.4 Å². The number of ether oxygens (including phenoxy) is 1. The van der Waals surface area contributed by atoms with E-state index in [9.17, 15) is 5.26 Å². The summed E-state index contributed by atoms with van der Waals surface area (Å²) in [5, 5.41) is 16.9. The Morgan fingerprint density at radius 3 is 3.00 bits per heavy atom. The fraction of sp³-hybridized carbons (Fsp3) is 0.190. The Hall–Kier alpha value is -3.57. The van der Waals surface area contributed by atoms with E-state index in [1.807, 2.05) is 31.5 Å². The van der Waals surface area contributed by atoms with Crippen molar-refractivity contribution in [1.82, 2.24) is 19.7 Å². The second-order valence-electron chi connectivity index (χ2n) is 7.08. The van der Waals surface area contributed by atoms with Crippen molar-refractivity contribution < 1.29 is 4.74 Å². The summed E-state index contributed by atoms with van der Waals surface area (Å²) in [5.41, 5.74) is 11.5. The Bertz CT molecular complexity index is 1320. The molecule has 7 nitrogen and oxygen atoms in total. The number of H-pyrrole nitrogens is 1. The van der Waals surface area contributed by atoms with Gasteiger partial charge < -0.3 is 15.0 Å². The quantitative estimate of drug-likeness (QED) is 0.543. The van der Waals surface area contributed by atoms with Crippen LogP contribution in [0.3, 0.4) is 0 Å². The second-order valence-corrected chi connectivity index (χ2v) is 8.37. The van der Waals surface area contributed by atoms with Crippen LogP contribution in [-0.2, 0) is 6.54 Å². The molecule has 1 atom stereocenters.